The van der Waals surface area contributed by atoms with Gasteiger partial charge in [0.05, 0.1) is 6.04 Å². The van der Waals surface area contributed by atoms with Crippen LogP contribution < -0.4 is 26.4 Å². The molecule has 4 rings (SSSR count). The summed E-state index contributed by atoms with van der Waals surface area (Å²) in [7, 11) is 1.65. The van der Waals surface area contributed by atoms with Crippen molar-refractivity contribution >= 4 is 35.2 Å². The van der Waals surface area contributed by atoms with Gasteiger partial charge in [0, 0.05) is 30.7 Å². The van der Waals surface area contributed by atoms with Crippen LogP contribution in [-0.2, 0) is 27.2 Å². The van der Waals surface area contributed by atoms with Gasteiger partial charge in [-0.25, -0.2) is 0 Å². The lowest BCUT2D eigenvalue weighted by Crippen LogP contribution is -2.58. The van der Waals surface area contributed by atoms with Crippen molar-refractivity contribution in [2.24, 2.45) is 17.6 Å². The van der Waals surface area contributed by atoms with Gasteiger partial charge < -0.3 is 31.3 Å². The number of aryl methyl sites for hydroxylation is 1. The van der Waals surface area contributed by atoms with Gasteiger partial charge in [0.2, 0.25) is 17.7 Å². The summed E-state index contributed by atoms with van der Waals surface area (Å²) in [4.78, 5) is 42.6. The van der Waals surface area contributed by atoms with Crippen LogP contribution in [0, 0.1) is 17.2 Å². The molecule has 44 heavy (non-hydrogen) atoms. The maximum absolute atomic E-state index is 14.0. The monoisotopic (exact) mass is 624 g/mol. The summed E-state index contributed by atoms with van der Waals surface area (Å²) in [5.74, 6) is 0.0388. The van der Waals surface area contributed by atoms with Gasteiger partial charge in [-0.05, 0) is 79.0 Å². The number of fused-ring (bicyclic) bond motifs is 1. The predicted molar refractivity (Wildman–Crippen MR) is 172 cm³/mol. The molecule has 2 aromatic carbocycles. The molecule has 1 aliphatic carbocycles. The van der Waals surface area contributed by atoms with Crippen LogP contribution in [-0.4, -0.2) is 73.3 Å². The van der Waals surface area contributed by atoms with Crippen LogP contribution in [0.4, 0.5) is 0 Å². The van der Waals surface area contributed by atoms with Crippen molar-refractivity contribution in [3.8, 4) is 5.75 Å². The molecule has 2 aromatic rings. The van der Waals surface area contributed by atoms with E-state index < -0.39 is 18.1 Å². The number of hydrogen-bond donors (Lipinski definition) is 5. The number of rotatable bonds is 6. The van der Waals surface area contributed by atoms with Gasteiger partial charge in [-0.3, -0.25) is 19.8 Å². The topological polar surface area (TPSA) is 150 Å². The average molecular weight is 625 g/mol. The van der Waals surface area contributed by atoms with Crippen molar-refractivity contribution in [3.05, 3.63) is 64.2 Å². The number of benzene rings is 2. The molecule has 10 nitrogen and oxygen atoms in total. The van der Waals surface area contributed by atoms with Crippen LogP contribution in [0.5, 0.6) is 5.75 Å². The largest absolute Gasteiger partial charge is 0.492 e. The number of hydrogen-bond acceptors (Lipinski definition) is 6. The van der Waals surface area contributed by atoms with Crippen molar-refractivity contribution in [2.45, 2.75) is 70.5 Å². The second-order valence-electron chi connectivity index (χ2n) is 12.2. The van der Waals surface area contributed by atoms with Crippen LogP contribution >= 0.6 is 11.6 Å². The van der Waals surface area contributed by atoms with Crippen molar-refractivity contribution in [1.29, 1.82) is 5.41 Å². The Morgan fingerprint density at radius 1 is 1.09 bits per heavy atom. The lowest BCUT2D eigenvalue weighted by Gasteiger charge is -2.34. The third kappa shape index (κ3) is 9.19. The van der Waals surface area contributed by atoms with Crippen molar-refractivity contribution < 1.29 is 19.1 Å². The molecule has 1 aliphatic heterocycles. The number of ether oxygens (including phenoxy) is 1. The number of nitrogens with zero attached hydrogens (tertiary/aromatic N) is 1. The quantitative estimate of drug-likeness (QED) is 0.246. The number of halogens is 1. The molecule has 1 heterocycles. The minimum atomic E-state index is -0.766. The van der Waals surface area contributed by atoms with Crippen molar-refractivity contribution in [1.82, 2.24) is 20.9 Å². The first kappa shape index (κ1) is 33.3. The number of nitrogens with one attached hydrogen (secondary N) is 4. The van der Waals surface area contributed by atoms with Gasteiger partial charge in [0.1, 0.15) is 30.3 Å². The maximum Gasteiger partial charge on any atom is 0.243 e. The highest BCUT2D eigenvalue weighted by atomic mass is 35.5. The summed E-state index contributed by atoms with van der Waals surface area (Å²) < 4.78 is 6.14. The summed E-state index contributed by atoms with van der Waals surface area (Å²) in [5.41, 5.74) is 8.10. The second-order valence-corrected chi connectivity index (χ2v) is 12.6. The van der Waals surface area contributed by atoms with E-state index in [2.05, 4.69) is 16.0 Å². The Morgan fingerprint density at radius 3 is 2.55 bits per heavy atom. The van der Waals surface area contributed by atoms with E-state index in [9.17, 15) is 14.4 Å². The Balaban J connectivity index is 1.63. The molecule has 0 bridgehead atoms. The van der Waals surface area contributed by atoms with Gasteiger partial charge in [-0.1, -0.05) is 50.4 Å². The average Bonchev–Trinajstić information content (AvgIpc) is 3.80. The Bertz CT molecular complexity index is 1350. The third-order valence-corrected chi connectivity index (χ3v) is 8.47. The molecule has 0 radical (unpaired) electrons. The molecular weight excluding hydrogens is 580 g/mol. The highest BCUT2D eigenvalue weighted by molar-refractivity contribution is 6.30. The van der Waals surface area contributed by atoms with Crippen LogP contribution in [0.25, 0.3) is 0 Å². The Kier molecular flexibility index (Phi) is 11.6. The van der Waals surface area contributed by atoms with Crippen molar-refractivity contribution in [2.75, 3.05) is 26.7 Å². The van der Waals surface area contributed by atoms with E-state index in [0.717, 1.165) is 24.0 Å². The zero-order chi connectivity index (χ0) is 31.8. The number of nitrogen functional groups attached to an aromatic ring is 1. The number of carbonyl (C=O) groups is 3. The van der Waals surface area contributed by atoms with Crippen LogP contribution in [0.2, 0.25) is 5.02 Å². The predicted octanol–water partition coefficient (Wildman–Crippen LogP) is 3.03. The minimum absolute atomic E-state index is 0.0351. The minimum Gasteiger partial charge on any atom is -0.492 e. The highest BCUT2D eigenvalue weighted by Gasteiger charge is 2.37. The van der Waals surface area contributed by atoms with E-state index in [4.69, 9.17) is 27.5 Å². The molecule has 2 aliphatic rings. The molecule has 3 atom stereocenters. The molecule has 1 saturated carbocycles. The summed E-state index contributed by atoms with van der Waals surface area (Å²) in [6, 6.07) is 10.7. The first-order valence-electron chi connectivity index (χ1n) is 15.5. The zero-order valence-corrected chi connectivity index (χ0v) is 26.6. The number of likely N-dealkylation sites (N-methyl/N-ethyl adjacent to an activating group) is 1. The van der Waals surface area contributed by atoms with Crippen molar-refractivity contribution in [3.63, 3.8) is 0 Å². The van der Waals surface area contributed by atoms with Crippen LogP contribution in [0.3, 0.4) is 0 Å². The fraction of sp³-hybridized carbons (Fsp3) is 0.515. The SMILES string of the molecule is CC(C)[C@@H]1C(=O)N[C@@H](CC2CC2)C(=O)NCCCc2cc(C(=N)N)ccc2OCCN[C@H](Cc2cccc(Cl)c2)C(=O)N1C. The van der Waals surface area contributed by atoms with Crippen LogP contribution in [0.1, 0.15) is 56.2 Å². The van der Waals surface area contributed by atoms with Crippen LogP contribution in [0.15, 0.2) is 42.5 Å². The molecule has 11 heteroatoms. The van der Waals surface area contributed by atoms with Gasteiger partial charge in [-0.2, -0.15) is 0 Å². The number of carbonyl (C=O) groups excluding carboxylic acids is 3. The molecule has 238 valence electrons. The Labute approximate surface area is 264 Å². The molecule has 1 fully saturated rings. The maximum atomic E-state index is 14.0. The van der Waals surface area contributed by atoms with E-state index in [1.807, 2.05) is 38.1 Å². The number of nitrogens with two attached hydrogens (primary N) is 1. The lowest BCUT2D eigenvalue weighted by molar-refractivity contribution is -0.143. The zero-order valence-electron chi connectivity index (χ0n) is 25.8. The van der Waals surface area contributed by atoms with E-state index >= 15 is 0 Å². The molecule has 6 N–H and O–H groups in total. The number of amides is 3. The summed E-state index contributed by atoms with van der Waals surface area (Å²) in [6.07, 6.45) is 4.24. The Hall–Kier alpha value is -3.63. The Morgan fingerprint density at radius 2 is 1.86 bits per heavy atom. The fourth-order valence-electron chi connectivity index (χ4n) is 5.72. The van der Waals surface area contributed by atoms with Gasteiger partial charge >= 0.3 is 0 Å². The van der Waals surface area contributed by atoms with E-state index in [1.165, 1.54) is 4.90 Å². The smallest absolute Gasteiger partial charge is 0.243 e. The normalized spacial score (nSPS) is 22.7. The van der Waals surface area contributed by atoms with Gasteiger partial charge in [0.15, 0.2) is 0 Å². The van der Waals surface area contributed by atoms with Gasteiger partial charge in [0.25, 0.3) is 0 Å². The second kappa shape index (κ2) is 15.4. The molecule has 0 spiro atoms. The van der Waals surface area contributed by atoms with E-state index in [0.29, 0.717) is 61.0 Å². The summed E-state index contributed by atoms with van der Waals surface area (Å²) >= 11 is 6.25. The molecule has 3 amide bonds. The fourth-order valence-corrected chi connectivity index (χ4v) is 5.93. The first-order valence-corrected chi connectivity index (χ1v) is 15.8. The van der Waals surface area contributed by atoms with Gasteiger partial charge in [-0.15, -0.1) is 0 Å². The lowest BCUT2D eigenvalue weighted by atomic mass is 9.98. The first-order chi connectivity index (χ1) is 21.0. The number of amidine groups is 1. The van der Waals surface area contributed by atoms with E-state index in [-0.39, 0.29) is 36.1 Å². The molecule has 0 unspecified atom stereocenters. The summed E-state index contributed by atoms with van der Waals surface area (Å²) in [5, 5.41) is 17.8. The highest BCUT2D eigenvalue weighted by Crippen LogP contribution is 2.33. The van der Waals surface area contributed by atoms with E-state index in [1.54, 1.807) is 25.2 Å². The summed E-state index contributed by atoms with van der Waals surface area (Å²) in [6.45, 7) is 4.87. The standard InChI is InChI=1S/C33H45ClN6O4/c1-20(2)29-32(42)39-26(17-21-9-10-21)31(41)38-13-5-7-23-19-24(30(35)36)11-12-28(23)44-15-14-37-27(33(43)40(29)3)18-22-6-4-8-25(34)16-22/h4,6,8,11-12,16,19-21,26-27,29,37H,5,7,9-10,13-15,17-18H2,1-3H3,(H3,35,36)(H,38,41)(H,39,42)/t26-,27+,29+/m0/s1. The molecular formula is C33H45ClN6O4. The molecule has 0 aromatic heterocycles. The third-order valence-electron chi connectivity index (χ3n) is 8.23. The molecule has 0 saturated heterocycles.